The summed E-state index contributed by atoms with van der Waals surface area (Å²) in [6.07, 6.45) is 11.8. The fourth-order valence-corrected chi connectivity index (χ4v) is 3.29. The molecule has 8 nitrogen and oxygen atoms in total. The first kappa shape index (κ1) is 30.6. The summed E-state index contributed by atoms with van der Waals surface area (Å²) in [5.74, 6) is -5.50. The van der Waals surface area contributed by atoms with E-state index in [0.29, 0.717) is 25.9 Å². The van der Waals surface area contributed by atoms with Crippen LogP contribution in [0.4, 0.5) is 0 Å². The largest absolute Gasteiger partial charge is 0.548 e. The monoisotopic (exact) mass is 462 g/mol. The number of nitrogens with two attached hydrogens (primary N) is 1. The number of rotatable bonds is 10. The average molecular weight is 463 g/mol. The molecule has 33 heavy (non-hydrogen) atoms. The lowest BCUT2D eigenvalue weighted by atomic mass is 9.88. The number of hydrogen-bond acceptors (Lipinski definition) is 8. The second kappa shape index (κ2) is 18.0. The topological polar surface area (TPSA) is 150 Å². The number of benzene rings is 1. The first-order valence-electron chi connectivity index (χ1n) is 11.6. The zero-order valence-electron chi connectivity index (χ0n) is 19.8. The van der Waals surface area contributed by atoms with Crippen molar-refractivity contribution in [2.75, 3.05) is 13.1 Å². The maximum atomic E-state index is 10.9. The number of nitrogens with zero attached hydrogens (tertiary/aromatic N) is 1. The van der Waals surface area contributed by atoms with Crippen LogP contribution in [0.2, 0.25) is 0 Å². The third kappa shape index (κ3) is 15.1. The van der Waals surface area contributed by atoms with Gasteiger partial charge < -0.3 is 35.4 Å². The molecule has 1 heterocycles. The smallest absolute Gasteiger partial charge is 0.0870 e. The molecule has 2 N–H and O–H groups in total. The predicted octanol–water partition coefficient (Wildman–Crippen LogP) is 0.177. The van der Waals surface area contributed by atoms with Gasteiger partial charge in [-0.3, -0.25) is 4.90 Å². The Hall–Kier alpha value is -2.45. The molecule has 1 fully saturated rings. The maximum Gasteiger partial charge on any atom is 0.0870 e. The zero-order valence-corrected chi connectivity index (χ0v) is 19.8. The molecule has 1 aromatic rings. The highest BCUT2D eigenvalue weighted by Crippen LogP contribution is 2.20. The molecule has 0 spiro atoms. The molecule has 0 atom stereocenters. The fraction of sp³-hybridized carbons (Fsp3) is 0.600. The van der Waals surface area contributed by atoms with Gasteiger partial charge in [-0.2, -0.15) is 0 Å². The number of aliphatic carboxylic acids is 3. The third-order valence-corrected chi connectivity index (χ3v) is 5.42. The minimum absolute atomic E-state index is 0.460. The molecule has 1 aromatic carbocycles. The van der Waals surface area contributed by atoms with Gasteiger partial charge in [0.05, 0.1) is 23.4 Å². The molecule has 187 valence electrons. The highest BCUT2D eigenvalue weighted by atomic mass is 16.4. The lowest BCUT2D eigenvalue weighted by Crippen LogP contribution is -2.60. The summed E-state index contributed by atoms with van der Waals surface area (Å²) in [7, 11) is 0. The second-order valence-electron chi connectivity index (χ2n) is 8.26. The standard InChI is InChI=1S/C13H18N2O2.C10H21.C2H2O4/c14-13(12(16)17)6-8-15(9-7-13)10-11-4-2-1-3-5-11;1-3-5-7-9-10-8-6-4-2;3-1(4)2(5)6/h1-5H,6-10,14H2,(H,16,17);1,3-10H2,2H3;(H,3,4)(H,5,6)/p-3. The van der Waals surface area contributed by atoms with Gasteiger partial charge in [-0.05, 0) is 18.4 Å². The SMILES string of the molecule is NC1(C(=O)[O-])CCN(Cc2ccccc2)CC1.O=C([O-])C(=O)[O-].[CH2]CCCCCCCCC. The van der Waals surface area contributed by atoms with E-state index in [0.717, 1.165) is 13.0 Å². The highest BCUT2D eigenvalue weighted by molar-refractivity contribution is 6.25. The summed E-state index contributed by atoms with van der Waals surface area (Å²) in [4.78, 5) is 31.0. The van der Waals surface area contributed by atoms with Crippen LogP contribution in [0.3, 0.4) is 0 Å². The Morgan fingerprint density at radius 3 is 1.82 bits per heavy atom. The van der Waals surface area contributed by atoms with E-state index in [1.807, 2.05) is 18.2 Å². The Bertz CT molecular complexity index is 653. The second-order valence-corrected chi connectivity index (χ2v) is 8.26. The summed E-state index contributed by atoms with van der Waals surface area (Å²) >= 11 is 0. The van der Waals surface area contributed by atoms with Gasteiger partial charge in [0.2, 0.25) is 0 Å². The van der Waals surface area contributed by atoms with Crippen LogP contribution < -0.4 is 21.1 Å². The van der Waals surface area contributed by atoms with Crippen LogP contribution in [0.25, 0.3) is 0 Å². The van der Waals surface area contributed by atoms with Crippen molar-refractivity contribution < 1.29 is 29.7 Å². The van der Waals surface area contributed by atoms with E-state index in [2.05, 4.69) is 30.9 Å². The number of carbonyl (C=O) groups excluding carboxylic acids is 3. The summed E-state index contributed by atoms with van der Waals surface area (Å²) < 4.78 is 0. The molecule has 0 amide bonds. The average Bonchev–Trinajstić information content (AvgIpc) is 2.79. The lowest BCUT2D eigenvalue weighted by molar-refractivity contribution is -0.345. The number of hydrogen-bond donors (Lipinski definition) is 1. The minimum atomic E-state index is -2.19. The van der Waals surface area contributed by atoms with Crippen LogP contribution in [0.5, 0.6) is 0 Å². The normalized spacial score (nSPS) is 14.8. The lowest BCUT2D eigenvalue weighted by Gasteiger charge is -2.39. The van der Waals surface area contributed by atoms with E-state index in [1.54, 1.807) is 0 Å². The Kier molecular flexibility index (Phi) is 16.7. The Morgan fingerprint density at radius 2 is 1.39 bits per heavy atom. The van der Waals surface area contributed by atoms with E-state index in [1.165, 1.54) is 50.5 Å². The molecule has 1 saturated heterocycles. The molecule has 0 aliphatic carbocycles. The van der Waals surface area contributed by atoms with Gasteiger partial charge in [0.1, 0.15) is 0 Å². The van der Waals surface area contributed by atoms with Crippen molar-refractivity contribution in [2.45, 2.75) is 83.2 Å². The molecule has 2 rings (SSSR count). The van der Waals surface area contributed by atoms with Crippen molar-refractivity contribution in [3.05, 3.63) is 42.8 Å². The Balaban J connectivity index is 0.000000544. The van der Waals surface area contributed by atoms with Crippen molar-refractivity contribution in [2.24, 2.45) is 5.73 Å². The molecule has 8 heteroatoms. The van der Waals surface area contributed by atoms with E-state index in [4.69, 9.17) is 25.5 Å². The molecule has 1 aliphatic heterocycles. The molecule has 0 saturated carbocycles. The summed E-state index contributed by atoms with van der Waals surface area (Å²) in [6, 6.07) is 10.1. The van der Waals surface area contributed by atoms with Crippen LogP contribution in [0.15, 0.2) is 30.3 Å². The van der Waals surface area contributed by atoms with E-state index < -0.39 is 23.4 Å². The van der Waals surface area contributed by atoms with E-state index in [-0.39, 0.29) is 0 Å². The van der Waals surface area contributed by atoms with Crippen LogP contribution in [0, 0.1) is 6.92 Å². The maximum absolute atomic E-state index is 10.9. The van der Waals surface area contributed by atoms with Gasteiger partial charge in [0.15, 0.2) is 0 Å². The van der Waals surface area contributed by atoms with Gasteiger partial charge in [0.25, 0.3) is 0 Å². The number of carbonyl (C=O) groups is 3. The van der Waals surface area contributed by atoms with E-state index >= 15 is 0 Å². The fourth-order valence-electron chi connectivity index (χ4n) is 3.29. The summed E-state index contributed by atoms with van der Waals surface area (Å²) in [6.45, 7) is 8.35. The van der Waals surface area contributed by atoms with Gasteiger partial charge in [-0.25, -0.2) is 0 Å². The van der Waals surface area contributed by atoms with Crippen LogP contribution >= 0.6 is 0 Å². The molecule has 1 aliphatic rings. The van der Waals surface area contributed by atoms with Crippen molar-refractivity contribution in [3.63, 3.8) is 0 Å². The third-order valence-electron chi connectivity index (χ3n) is 5.42. The zero-order chi connectivity index (χ0) is 25.1. The van der Waals surface area contributed by atoms with Crippen molar-refractivity contribution >= 4 is 17.9 Å². The van der Waals surface area contributed by atoms with Gasteiger partial charge in [-0.1, -0.05) is 95.5 Å². The summed E-state index contributed by atoms with van der Waals surface area (Å²) in [5, 5.41) is 28.7. The van der Waals surface area contributed by atoms with Gasteiger partial charge in [0, 0.05) is 19.6 Å². The molecule has 1 radical (unpaired) electrons. The Morgan fingerprint density at radius 1 is 0.909 bits per heavy atom. The van der Waals surface area contributed by atoms with E-state index in [9.17, 15) is 9.90 Å². The highest BCUT2D eigenvalue weighted by Gasteiger charge is 2.31. The summed E-state index contributed by atoms with van der Waals surface area (Å²) in [5.41, 5.74) is 5.88. The van der Waals surface area contributed by atoms with Crippen molar-refractivity contribution in [1.82, 2.24) is 4.90 Å². The number of likely N-dealkylation sites (tertiary alicyclic amines) is 1. The number of unbranched alkanes of at least 4 members (excludes halogenated alkanes) is 7. The number of carboxylic acids is 3. The number of piperidine rings is 1. The van der Waals surface area contributed by atoms with Crippen LogP contribution in [0.1, 0.15) is 76.7 Å². The van der Waals surface area contributed by atoms with Crippen molar-refractivity contribution in [3.8, 4) is 0 Å². The Labute approximate surface area is 197 Å². The molecule has 0 bridgehead atoms. The molecule has 0 aromatic heterocycles. The first-order chi connectivity index (χ1) is 15.7. The minimum Gasteiger partial charge on any atom is -0.548 e. The van der Waals surface area contributed by atoms with Gasteiger partial charge >= 0.3 is 0 Å². The molecular formula is C25H38N2O6-3. The van der Waals surface area contributed by atoms with Crippen molar-refractivity contribution in [1.29, 1.82) is 0 Å². The quantitative estimate of drug-likeness (QED) is 0.382. The van der Waals surface area contributed by atoms with Crippen LogP contribution in [-0.2, 0) is 20.9 Å². The molecule has 0 unspecified atom stereocenters. The first-order valence-corrected chi connectivity index (χ1v) is 11.6. The van der Waals surface area contributed by atoms with Gasteiger partial charge in [-0.15, -0.1) is 0 Å². The van der Waals surface area contributed by atoms with Crippen LogP contribution in [-0.4, -0.2) is 41.4 Å². The predicted molar refractivity (Wildman–Crippen MR) is 121 cm³/mol. The molecular weight excluding hydrogens is 424 g/mol. The number of carboxylic acid groups (broad SMARTS) is 3.